The molecule has 0 spiro atoms. The molecular weight excluding hydrogens is 324 g/mol. The molecule has 2 heterocycles. The van der Waals surface area contributed by atoms with Crippen LogP contribution in [-0.4, -0.2) is 51.1 Å². The maximum absolute atomic E-state index is 6.14. The highest BCUT2D eigenvalue weighted by molar-refractivity contribution is 5.85. The summed E-state index contributed by atoms with van der Waals surface area (Å²) in [6.45, 7) is 11.8. The molecule has 0 radical (unpaired) electrons. The van der Waals surface area contributed by atoms with Crippen molar-refractivity contribution in [2.75, 3.05) is 32.9 Å². The van der Waals surface area contributed by atoms with Gasteiger partial charge < -0.3 is 20.1 Å². The van der Waals surface area contributed by atoms with Crippen molar-refractivity contribution >= 4 is 12.4 Å². The quantitative estimate of drug-likeness (QED) is 0.808. The number of nitrogens with one attached hydrogen (secondary N) is 2. The molecule has 3 aliphatic rings. The van der Waals surface area contributed by atoms with E-state index in [0.717, 1.165) is 38.8 Å². The van der Waals surface area contributed by atoms with Crippen LogP contribution in [0.3, 0.4) is 0 Å². The van der Waals surface area contributed by atoms with E-state index in [1.165, 1.54) is 32.1 Å². The molecule has 0 aromatic heterocycles. The molecule has 5 atom stereocenters. The molecule has 1 aliphatic carbocycles. The summed E-state index contributed by atoms with van der Waals surface area (Å²) in [6, 6.07) is 1.20. The number of halogens is 1. The molecule has 24 heavy (non-hydrogen) atoms. The standard InChI is InChI=1S/C19H36N2O2.ClH/c1-19(2,3)18-14(6-5-10-23-18)12-21-16-8-4-7-15(16)17-13-22-11-9-20-17;/h14-18,20-21H,4-13H2,1-3H3;1H. The first-order valence-electron chi connectivity index (χ1n) is 9.72. The van der Waals surface area contributed by atoms with Crippen LogP contribution >= 0.6 is 12.4 Å². The minimum absolute atomic E-state index is 0. The van der Waals surface area contributed by atoms with E-state index in [4.69, 9.17) is 9.47 Å². The second-order valence-corrected chi connectivity index (χ2v) is 8.80. The van der Waals surface area contributed by atoms with Crippen LogP contribution in [0.1, 0.15) is 52.9 Å². The Hall–Kier alpha value is 0.130. The molecule has 0 aromatic carbocycles. The van der Waals surface area contributed by atoms with Gasteiger partial charge in [-0.2, -0.15) is 0 Å². The van der Waals surface area contributed by atoms with Crippen molar-refractivity contribution in [3.8, 4) is 0 Å². The van der Waals surface area contributed by atoms with E-state index >= 15 is 0 Å². The van der Waals surface area contributed by atoms with Gasteiger partial charge in [0.1, 0.15) is 0 Å². The van der Waals surface area contributed by atoms with E-state index < -0.39 is 0 Å². The molecule has 1 saturated carbocycles. The van der Waals surface area contributed by atoms with Crippen LogP contribution in [0.15, 0.2) is 0 Å². The Kier molecular flexibility index (Phi) is 7.82. The van der Waals surface area contributed by atoms with Gasteiger partial charge in [0.05, 0.1) is 19.3 Å². The maximum atomic E-state index is 6.14. The number of morpholine rings is 1. The molecule has 3 rings (SSSR count). The number of ether oxygens (including phenoxy) is 2. The predicted molar refractivity (Wildman–Crippen MR) is 101 cm³/mol. The Morgan fingerprint density at radius 2 is 1.92 bits per heavy atom. The van der Waals surface area contributed by atoms with Gasteiger partial charge in [0.2, 0.25) is 0 Å². The number of hydrogen-bond acceptors (Lipinski definition) is 4. The molecule has 5 heteroatoms. The second-order valence-electron chi connectivity index (χ2n) is 8.80. The Bertz CT molecular complexity index is 369. The van der Waals surface area contributed by atoms with Crippen molar-refractivity contribution in [2.24, 2.45) is 17.3 Å². The Labute approximate surface area is 154 Å². The molecule has 2 aliphatic heterocycles. The lowest BCUT2D eigenvalue weighted by atomic mass is 9.78. The van der Waals surface area contributed by atoms with Crippen LogP contribution in [0, 0.1) is 17.3 Å². The number of rotatable bonds is 4. The molecule has 4 nitrogen and oxygen atoms in total. The monoisotopic (exact) mass is 360 g/mol. The van der Waals surface area contributed by atoms with Crippen LogP contribution in [-0.2, 0) is 9.47 Å². The van der Waals surface area contributed by atoms with Gasteiger partial charge in [-0.15, -0.1) is 12.4 Å². The van der Waals surface area contributed by atoms with Crippen LogP contribution in [0.2, 0.25) is 0 Å². The van der Waals surface area contributed by atoms with Crippen molar-refractivity contribution in [3.63, 3.8) is 0 Å². The minimum atomic E-state index is 0. The van der Waals surface area contributed by atoms with Gasteiger partial charge in [-0.1, -0.05) is 27.2 Å². The fourth-order valence-electron chi connectivity index (χ4n) is 4.90. The Morgan fingerprint density at radius 1 is 1.08 bits per heavy atom. The maximum Gasteiger partial charge on any atom is 0.0663 e. The fraction of sp³-hybridized carbons (Fsp3) is 1.00. The third-order valence-corrected chi connectivity index (χ3v) is 5.98. The third kappa shape index (κ3) is 5.07. The summed E-state index contributed by atoms with van der Waals surface area (Å²) < 4.78 is 11.8. The summed E-state index contributed by atoms with van der Waals surface area (Å²) in [4.78, 5) is 0. The molecule has 5 unspecified atom stereocenters. The second kappa shape index (κ2) is 9.18. The molecule has 0 aromatic rings. The average Bonchev–Trinajstić information content (AvgIpc) is 3.02. The van der Waals surface area contributed by atoms with Crippen molar-refractivity contribution in [1.29, 1.82) is 0 Å². The van der Waals surface area contributed by atoms with Gasteiger partial charge in [-0.25, -0.2) is 0 Å². The van der Waals surface area contributed by atoms with Crippen molar-refractivity contribution in [2.45, 2.75) is 71.1 Å². The van der Waals surface area contributed by atoms with Gasteiger partial charge in [0.25, 0.3) is 0 Å². The number of hydrogen-bond donors (Lipinski definition) is 2. The molecule has 2 saturated heterocycles. The normalized spacial score (nSPS) is 37.9. The zero-order valence-electron chi connectivity index (χ0n) is 15.7. The molecule has 0 amide bonds. The van der Waals surface area contributed by atoms with E-state index in [9.17, 15) is 0 Å². The third-order valence-electron chi connectivity index (χ3n) is 5.98. The van der Waals surface area contributed by atoms with Gasteiger partial charge in [0.15, 0.2) is 0 Å². The smallest absolute Gasteiger partial charge is 0.0663 e. The molecule has 3 fully saturated rings. The Morgan fingerprint density at radius 3 is 2.62 bits per heavy atom. The largest absolute Gasteiger partial charge is 0.379 e. The van der Waals surface area contributed by atoms with Crippen LogP contribution in [0.25, 0.3) is 0 Å². The highest BCUT2D eigenvalue weighted by atomic mass is 35.5. The topological polar surface area (TPSA) is 42.5 Å². The first-order valence-corrected chi connectivity index (χ1v) is 9.72. The van der Waals surface area contributed by atoms with E-state index in [1.54, 1.807) is 0 Å². The highest BCUT2D eigenvalue weighted by Crippen LogP contribution is 2.35. The van der Waals surface area contributed by atoms with Gasteiger partial charge in [-0.05, 0) is 42.9 Å². The summed E-state index contributed by atoms with van der Waals surface area (Å²) >= 11 is 0. The first-order chi connectivity index (χ1) is 11.1. The van der Waals surface area contributed by atoms with E-state index in [1.807, 2.05) is 0 Å². The van der Waals surface area contributed by atoms with Crippen LogP contribution < -0.4 is 10.6 Å². The zero-order valence-corrected chi connectivity index (χ0v) is 16.5. The SMILES string of the molecule is CC(C)(C)C1OCCCC1CNC1CCCC1C1COCCN1.Cl. The van der Waals surface area contributed by atoms with E-state index in [-0.39, 0.29) is 17.8 Å². The molecule has 2 N–H and O–H groups in total. The fourth-order valence-corrected chi connectivity index (χ4v) is 4.90. The van der Waals surface area contributed by atoms with E-state index in [2.05, 4.69) is 31.4 Å². The van der Waals surface area contributed by atoms with Gasteiger partial charge >= 0.3 is 0 Å². The highest BCUT2D eigenvalue weighted by Gasteiger charge is 2.38. The van der Waals surface area contributed by atoms with Gasteiger partial charge in [-0.3, -0.25) is 0 Å². The summed E-state index contributed by atoms with van der Waals surface area (Å²) in [5.74, 6) is 1.38. The first kappa shape index (κ1) is 20.4. The van der Waals surface area contributed by atoms with Gasteiger partial charge in [0, 0.05) is 31.8 Å². The summed E-state index contributed by atoms with van der Waals surface area (Å²) in [5.41, 5.74) is 0.237. The Balaban J connectivity index is 0.00000208. The minimum Gasteiger partial charge on any atom is -0.379 e. The van der Waals surface area contributed by atoms with E-state index in [0.29, 0.717) is 24.1 Å². The van der Waals surface area contributed by atoms with Crippen molar-refractivity contribution in [3.05, 3.63) is 0 Å². The van der Waals surface area contributed by atoms with Crippen LogP contribution in [0.5, 0.6) is 0 Å². The predicted octanol–water partition coefficient (Wildman–Crippen LogP) is 3.00. The molecule has 142 valence electrons. The summed E-state index contributed by atoms with van der Waals surface area (Å²) in [7, 11) is 0. The van der Waals surface area contributed by atoms with Crippen LogP contribution in [0.4, 0.5) is 0 Å². The zero-order chi connectivity index (χ0) is 16.3. The lowest BCUT2D eigenvalue weighted by Gasteiger charge is -2.41. The summed E-state index contributed by atoms with van der Waals surface area (Å²) in [6.07, 6.45) is 6.91. The lowest BCUT2D eigenvalue weighted by Crippen LogP contribution is -2.52. The average molecular weight is 361 g/mol. The molecule has 0 bridgehead atoms. The van der Waals surface area contributed by atoms with Crippen molar-refractivity contribution < 1.29 is 9.47 Å². The lowest BCUT2D eigenvalue weighted by molar-refractivity contribution is -0.0853. The molecular formula is C19H37ClN2O2. The van der Waals surface area contributed by atoms with Crippen molar-refractivity contribution in [1.82, 2.24) is 10.6 Å². The summed E-state index contributed by atoms with van der Waals surface area (Å²) in [5, 5.41) is 7.60.